The number of methoxy groups -OCH3 is 1. The van der Waals surface area contributed by atoms with Crippen LogP contribution < -0.4 is 10.1 Å². The van der Waals surface area contributed by atoms with E-state index in [2.05, 4.69) is 15.3 Å². The molecular formula is C26H25N5O5S2. The van der Waals surface area contributed by atoms with Gasteiger partial charge in [0.1, 0.15) is 6.04 Å². The molecule has 1 atom stereocenters. The van der Waals surface area contributed by atoms with Crippen molar-refractivity contribution >= 4 is 38.3 Å². The number of carbonyl (C=O) groups is 2. The Balaban J connectivity index is 1.28. The number of hydrogen-bond acceptors (Lipinski definition) is 8. The van der Waals surface area contributed by atoms with E-state index in [-0.39, 0.29) is 11.5 Å². The quantitative estimate of drug-likeness (QED) is 0.372. The predicted octanol–water partition coefficient (Wildman–Crippen LogP) is 3.65. The van der Waals surface area contributed by atoms with Gasteiger partial charge in [0, 0.05) is 41.6 Å². The van der Waals surface area contributed by atoms with Gasteiger partial charge in [-0.2, -0.15) is 0 Å². The normalized spacial score (nSPS) is 15.1. The molecular weight excluding hydrogens is 526 g/mol. The third-order valence-electron chi connectivity index (χ3n) is 6.25. The minimum Gasteiger partial charge on any atom is -0.481 e. The number of aromatic nitrogens is 3. The SMILES string of the molecule is COc1cc(-c2cccc(-c3csc(NC(=O)[C@@H]4CCN4C(=O)c4ccn(S(C)(=O)=O)c4)n3)c2)cc(C)n1. The Kier molecular flexibility index (Phi) is 6.76. The topological polar surface area (TPSA) is 123 Å². The largest absolute Gasteiger partial charge is 0.481 e. The first kappa shape index (κ1) is 25.6. The average Bonchev–Trinajstić information content (AvgIpc) is 3.53. The van der Waals surface area contributed by atoms with E-state index < -0.39 is 22.0 Å². The van der Waals surface area contributed by atoms with Gasteiger partial charge in [0.05, 0.1) is 24.6 Å². The lowest BCUT2D eigenvalue weighted by molar-refractivity contribution is -0.123. The summed E-state index contributed by atoms with van der Waals surface area (Å²) in [6.07, 6.45) is 4.14. The van der Waals surface area contributed by atoms with Crippen molar-refractivity contribution in [1.29, 1.82) is 0 Å². The van der Waals surface area contributed by atoms with Crippen LogP contribution in [0.2, 0.25) is 0 Å². The number of carbonyl (C=O) groups excluding carboxylic acids is 2. The van der Waals surface area contributed by atoms with Crippen molar-refractivity contribution in [1.82, 2.24) is 18.8 Å². The molecule has 196 valence electrons. The summed E-state index contributed by atoms with van der Waals surface area (Å²) in [5.41, 5.74) is 4.63. The van der Waals surface area contributed by atoms with Crippen LogP contribution >= 0.6 is 11.3 Å². The molecule has 0 bridgehead atoms. The first-order chi connectivity index (χ1) is 18.1. The van der Waals surface area contributed by atoms with Gasteiger partial charge in [-0.15, -0.1) is 11.3 Å². The molecule has 5 rings (SSSR count). The number of aryl methyl sites for hydroxylation is 1. The number of nitrogens with zero attached hydrogens (tertiary/aromatic N) is 4. The van der Waals surface area contributed by atoms with E-state index in [9.17, 15) is 18.0 Å². The van der Waals surface area contributed by atoms with Crippen molar-refractivity contribution < 1.29 is 22.7 Å². The van der Waals surface area contributed by atoms with Crippen molar-refractivity contribution in [2.24, 2.45) is 0 Å². The Hall–Kier alpha value is -4.03. The van der Waals surface area contributed by atoms with Crippen LogP contribution in [0, 0.1) is 6.92 Å². The number of ether oxygens (including phenoxy) is 1. The molecule has 0 saturated carbocycles. The summed E-state index contributed by atoms with van der Waals surface area (Å²) < 4.78 is 29.7. The van der Waals surface area contributed by atoms with Crippen LogP contribution in [0.4, 0.5) is 5.13 Å². The van der Waals surface area contributed by atoms with Crippen molar-refractivity contribution in [2.75, 3.05) is 25.2 Å². The molecule has 38 heavy (non-hydrogen) atoms. The number of thiazole rings is 1. The maximum absolute atomic E-state index is 12.9. The molecule has 1 aliphatic rings. The number of amides is 2. The summed E-state index contributed by atoms with van der Waals surface area (Å²) in [7, 11) is -1.91. The summed E-state index contributed by atoms with van der Waals surface area (Å²) in [5.74, 6) is -0.180. The predicted molar refractivity (Wildman–Crippen MR) is 145 cm³/mol. The Morgan fingerprint density at radius 2 is 1.89 bits per heavy atom. The van der Waals surface area contributed by atoms with E-state index in [0.29, 0.717) is 29.7 Å². The molecule has 2 amide bonds. The fraction of sp³-hybridized carbons (Fsp3) is 0.231. The maximum atomic E-state index is 12.9. The van der Waals surface area contributed by atoms with Gasteiger partial charge in [-0.25, -0.2) is 18.4 Å². The number of rotatable bonds is 7. The van der Waals surface area contributed by atoms with Gasteiger partial charge in [-0.1, -0.05) is 18.2 Å². The molecule has 0 spiro atoms. The monoisotopic (exact) mass is 551 g/mol. The second kappa shape index (κ2) is 10.0. The number of anilines is 1. The van der Waals surface area contributed by atoms with Gasteiger partial charge in [0.15, 0.2) is 5.13 Å². The van der Waals surface area contributed by atoms with Crippen LogP contribution in [0.15, 0.2) is 60.2 Å². The number of likely N-dealkylation sites (tertiary alicyclic amines) is 1. The number of pyridine rings is 1. The van der Waals surface area contributed by atoms with E-state index >= 15 is 0 Å². The summed E-state index contributed by atoms with van der Waals surface area (Å²) >= 11 is 1.30. The molecule has 0 radical (unpaired) electrons. The summed E-state index contributed by atoms with van der Waals surface area (Å²) in [6.45, 7) is 2.32. The Morgan fingerprint density at radius 1 is 1.11 bits per heavy atom. The van der Waals surface area contributed by atoms with Crippen molar-refractivity contribution in [2.45, 2.75) is 19.4 Å². The fourth-order valence-electron chi connectivity index (χ4n) is 4.20. The van der Waals surface area contributed by atoms with E-state index in [0.717, 1.165) is 32.6 Å². The van der Waals surface area contributed by atoms with Crippen molar-refractivity contribution in [3.05, 3.63) is 71.5 Å². The Morgan fingerprint density at radius 3 is 2.58 bits per heavy atom. The summed E-state index contributed by atoms with van der Waals surface area (Å²) in [4.78, 5) is 36.1. The minimum absolute atomic E-state index is 0.214. The molecule has 0 unspecified atom stereocenters. The lowest BCUT2D eigenvalue weighted by Crippen LogP contribution is -2.56. The van der Waals surface area contributed by atoms with E-state index in [4.69, 9.17) is 4.74 Å². The molecule has 4 heterocycles. The zero-order valence-corrected chi connectivity index (χ0v) is 22.5. The highest BCUT2D eigenvalue weighted by molar-refractivity contribution is 7.89. The molecule has 1 aliphatic heterocycles. The second-order valence-electron chi connectivity index (χ2n) is 8.94. The van der Waals surface area contributed by atoms with Gasteiger partial charge < -0.3 is 15.0 Å². The van der Waals surface area contributed by atoms with Crippen molar-refractivity contribution in [3.8, 4) is 28.3 Å². The highest BCUT2D eigenvalue weighted by atomic mass is 32.2. The number of benzene rings is 1. The molecule has 1 aromatic carbocycles. The molecule has 1 saturated heterocycles. The molecule has 3 aromatic heterocycles. The van der Waals surface area contributed by atoms with E-state index in [1.165, 1.54) is 34.7 Å². The Bertz CT molecular complexity index is 1640. The van der Waals surface area contributed by atoms with Crippen LogP contribution in [-0.2, 0) is 14.8 Å². The second-order valence-corrected chi connectivity index (χ2v) is 11.7. The third-order valence-corrected chi connectivity index (χ3v) is 8.00. The third kappa shape index (κ3) is 5.18. The van der Waals surface area contributed by atoms with Gasteiger partial charge in [0.2, 0.25) is 21.8 Å². The maximum Gasteiger partial charge on any atom is 0.256 e. The zero-order valence-electron chi connectivity index (χ0n) is 20.9. The molecule has 1 N–H and O–H groups in total. The molecule has 0 aliphatic carbocycles. The molecule has 10 nitrogen and oxygen atoms in total. The van der Waals surface area contributed by atoms with Crippen LogP contribution in [0.3, 0.4) is 0 Å². The average molecular weight is 552 g/mol. The molecule has 12 heteroatoms. The van der Waals surface area contributed by atoms with Crippen LogP contribution in [-0.4, -0.2) is 65.0 Å². The van der Waals surface area contributed by atoms with Crippen LogP contribution in [0.1, 0.15) is 22.5 Å². The molecule has 4 aromatic rings. The van der Waals surface area contributed by atoms with Crippen LogP contribution in [0.5, 0.6) is 5.88 Å². The van der Waals surface area contributed by atoms with Gasteiger partial charge in [-0.05, 0) is 42.7 Å². The zero-order chi connectivity index (χ0) is 27.0. The lowest BCUT2D eigenvalue weighted by Gasteiger charge is -2.39. The van der Waals surface area contributed by atoms with Crippen LogP contribution in [0.25, 0.3) is 22.4 Å². The smallest absolute Gasteiger partial charge is 0.256 e. The minimum atomic E-state index is -3.49. The van der Waals surface area contributed by atoms with Crippen molar-refractivity contribution in [3.63, 3.8) is 0 Å². The molecule has 1 fully saturated rings. The summed E-state index contributed by atoms with van der Waals surface area (Å²) in [6, 6.07) is 12.6. The first-order valence-electron chi connectivity index (χ1n) is 11.7. The van der Waals surface area contributed by atoms with Gasteiger partial charge >= 0.3 is 0 Å². The van der Waals surface area contributed by atoms with Gasteiger partial charge in [0.25, 0.3) is 5.91 Å². The Labute approximate surface area is 224 Å². The summed E-state index contributed by atoms with van der Waals surface area (Å²) in [5, 5.41) is 5.11. The highest BCUT2D eigenvalue weighted by Gasteiger charge is 2.38. The number of nitrogens with one attached hydrogen (secondary N) is 1. The standard InChI is InChI=1S/C26H25N5O5S2/c1-16-11-20(13-23(27-16)36-2)17-5-4-6-18(12-17)21-15-37-26(28-21)29-24(32)22-8-10-31(22)25(33)19-7-9-30(14-19)38(3,34)35/h4-7,9,11-15,22H,8,10H2,1-3H3,(H,28,29,32)/t22-/m0/s1. The lowest BCUT2D eigenvalue weighted by atomic mass is 10.0. The van der Waals surface area contributed by atoms with E-state index in [1.54, 1.807) is 7.11 Å². The first-order valence-corrected chi connectivity index (χ1v) is 14.4. The van der Waals surface area contributed by atoms with E-state index in [1.807, 2.05) is 48.7 Å². The fourth-order valence-corrected chi connectivity index (χ4v) is 5.51. The highest BCUT2D eigenvalue weighted by Crippen LogP contribution is 2.31. The van der Waals surface area contributed by atoms with Gasteiger partial charge in [-0.3, -0.25) is 13.6 Å². The number of hydrogen-bond donors (Lipinski definition) is 1.